The molecule has 0 aliphatic heterocycles. The van der Waals surface area contributed by atoms with Gasteiger partial charge in [-0.2, -0.15) is 4.98 Å². The van der Waals surface area contributed by atoms with Crippen LogP contribution in [-0.2, 0) is 6.54 Å². The molecule has 102 valence electrons. The van der Waals surface area contributed by atoms with Crippen LogP contribution in [0.4, 0.5) is 4.39 Å². The van der Waals surface area contributed by atoms with E-state index in [0.717, 1.165) is 12.5 Å². The molecule has 0 radical (unpaired) electrons. The highest BCUT2D eigenvalue weighted by Crippen LogP contribution is 2.10. The Morgan fingerprint density at radius 1 is 1.50 bits per heavy atom. The molecule has 2 N–H and O–H groups in total. The summed E-state index contributed by atoms with van der Waals surface area (Å²) in [6, 6.07) is 3.95. The molecule has 20 heavy (non-hydrogen) atoms. The molecule has 2 aromatic rings. The summed E-state index contributed by atoms with van der Waals surface area (Å²) < 4.78 is 18.3. The maximum Gasteiger partial charge on any atom is 0.254 e. The highest BCUT2D eigenvalue weighted by molar-refractivity contribution is 5.94. The second kappa shape index (κ2) is 6.45. The number of rotatable bonds is 3. The number of hydrogen-bond acceptors (Lipinski definition) is 5. The quantitative estimate of drug-likeness (QED) is 0.795. The summed E-state index contributed by atoms with van der Waals surface area (Å²) in [6.45, 7) is -0.268. The normalized spacial score (nSPS) is 9.70. The summed E-state index contributed by atoms with van der Waals surface area (Å²) >= 11 is 0. The summed E-state index contributed by atoms with van der Waals surface area (Å²) in [4.78, 5) is 15.5. The van der Waals surface area contributed by atoms with E-state index in [0.29, 0.717) is 11.4 Å². The first-order valence-electron chi connectivity index (χ1n) is 5.63. The predicted octanol–water partition coefficient (Wildman–Crippen LogP) is 0.482. The topological polar surface area (TPSA) is 88.3 Å². The van der Waals surface area contributed by atoms with Crippen LogP contribution in [0.1, 0.15) is 21.7 Å². The van der Waals surface area contributed by atoms with E-state index in [-0.39, 0.29) is 18.7 Å². The molecule has 0 atom stereocenters. The molecule has 0 spiro atoms. The Bertz CT molecular complexity index is 659. The molecule has 0 bridgehead atoms. The third-order valence-electron chi connectivity index (χ3n) is 2.34. The van der Waals surface area contributed by atoms with Gasteiger partial charge in [-0.25, -0.2) is 4.39 Å². The van der Waals surface area contributed by atoms with Crippen LogP contribution >= 0.6 is 0 Å². The summed E-state index contributed by atoms with van der Waals surface area (Å²) in [6.07, 6.45) is 1.14. The third kappa shape index (κ3) is 3.40. The molecule has 0 unspecified atom stereocenters. The first kappa shape index (κ1) is 13.7. The van der Waals surface area contributed by atoms with Crippen LogP contribution in [0.15, 0.2) is 29.1 Å². The molecule has 1 amide bonds. The van der Waals surface area contributed by atoms with Crippen molar-refractivity contribution in [1.29, 1.82) is 0 Å². The average Bonchev–Trinajstić information content (AvgIpc) is 2.96. The van der Waals surface area contributed by atoms with E-state index in [1.165, 1.54) is 12.1 Å². The molecule has 2 rings (SSSR count). The fraction of sp³-hybridized carbons (Fsp3) is 0.154. The van der Waals surface area contributed by atoms with E-state index in [2.05, 4.69) is 31.8 Å². The van der Waals surface area contributed by atoms with E-state index in [1.54, 1.807) is 0 Å². The molecule has 0 saturated carbocycles. The summed E-state index contributed by atoms with van der Waals surface area (Å²) in [7, 11) is 0. The number of aliphatic hydroxyl groups excluding tert-OH is 1. The van der Waals surface area contributed by atoms with Gasteiger partial charge in [0, 0.05) is 5.56 Å². The van der Waals surface area contributed by atoms with Crippen molar-refractivity contribution in [2.75, 3.05) is 6.61 Å². The Morgan fingerprint density at radius 3 is 3.00 bits per heavy atom. The van der Waals surface area contributed by atoms with Gasteiger partial charge in [0.25, 0.3) is 5.91 Å². The number of hydrogen-bond donors (Lipinski definition) is 2. The largest absolute Gasteiger partial charge is 0.384 e. The molecule has 6 nitrogen and oxygen atoms in total. The maximum atomic E-state index is 13.8. The smallest absolute Gasteiger partial charge is 0.254 e. The number of nitrogens with one attached hydrogen (secondary N) is 1. The highest BCUT2D eigenvalue weighted by Gasteiger charge is 2.12. The summed E-state index contributed by atoms with van der Waals surface area (Å²) in [5.41, 5.74) is 0.273. The minimum atomic E-state index is -0.694. The van der Waals surface area contributed by atoms with E-state index in [4.69, 9.17) is 5.11 Å². The number of carbonyl (C=O) groups excluding carboxylic acids is 1. The van der Waals surface area contributed by atoms with E-state index in [1.807, 2.05) is 0 Å². The first-order valence-corrected chi connectivity index (χ1v) is 5.63. The van der Waals surface area contributed by atoms with Gasteiger partial charge in [0.2, 0.25) is 6.39 Å². The van der Waals surface area contributed by atoms with Gasteiger partial charge in [0.1, 0.15) is 12.4 Å². The predicted molar refractivity (Wildman–Crippen MR) is 65.8 cm³/mol. The summed E-state index contributed by atoms with van der Waals surface area (Å²) in [5.74, 6) is 3.96. The van der Waals surface area contributed by atoms with Crippen molar-refractivity contribution < 1.29 is 18.8 Å². The van der Waals surface area contributed by atoms with Crippen LogP contribution in [0.5, 0.6) is 0 Å². The van der Waals surface area contributed by atoms with Crippen molar-refractivity contribution in [3.05, 3.63) is 47.4 Å². The number of halogens is 1. The SMILES string of the molecule is O=C(NCc1ncon1)c1ccc(C#CCO)cc1F. The lowest BCUT2D eigenvalue weighted by molar-refractivity contribution is 0.0945. The fourth-order valence-corrected chi connectivity index (χ4v) is 1.44. The first-order chi connectivity index (χ1) is 9.70. The average molecular weight is 275 g/mol. The Balaban J connectivity index is 2.06. The number of amides is 1. The second-order valence-electron chi connectivity index (χ2n) is 3.68. The van der Waals surface area contributed by atoms with Crippen molar-refractivity contribution >= 4 is 5.91 Å². The number of aliphatic hydroxyl groups is 1. The molecule has 1 heterocycles. The van der Waals surface area contributed by atoms with Gasteiger partial charge in [-0.1, -0.05) is 17.0 Å². The molecule has 1 aromatic heterocycles. The zero-order valence-electron chi connectivity index (χ0n) is 10.3. The highest BCUT2D eigenvalue weighted by atomic mass is 19.1. The van der Waals surface area contributed by atoms with Gasteiger partial charge in [0.15, 0.2) is 5.82 Å². The number of nitrogens with zero attached hydrogens (tertiary/aromatic N) is 2. The lowest BCUT2D eigenvalue weighted by Crippen LogP contribution is -2.24. The molecule has 7 heteroatoms. The number of aromatic nitrogens is 2. The zero-order valence-corrected chi connectivity index (χ0v) is 10.3. The van der Waals surface area contributed by atoms with Crippen LogP contribution in [0, 0.1) is 17.7 Å². The van der Waals surface area contributed by atoms with Crippen molar-refractivity contribution in [3.8, 4) is 11.8 Å². The van der Waals surface area contributed by atoms with Crippen LogP contribution < -0.4 is 5.32 Å². The van der Waals surface area contributed by atoms with E-state index in [9.17, 15) is 9.18 Å². The van der Waals surface area contributed by atoms with Crippen LogP contribution in [0.25, 0.3) is 0 Å². The number of carbonyl (C=O) groups is 1. The van der Waals surface area contributed by atoms with E-state index < -0.39 is 11.7 Å². The monoisotopic (exact) mass is 275 g/mol. The third-order valence-corrected chi connectivity index (χ3v) is 2.34. The second-order valence-corrected chi connectivity index (χ2v) is 3.68. The fourth-order valence-electron chi connectivity index (χ4n) is 1.44. The van der Waals surface area contributed by atoms with Crippen LogP contribution in [0.3, 0.4) is 0 Å². The molecule has 1 aromatic carbocycles. The van der Waals surface area contributed by atoms with Crippen LogP contribution in [-0.4, -0.2) is 27.8 Å². The Morgan fingerprint density at radius 2 is 2.35 bits per heavy atom. The molecular weight excluding hydrogens is 265 g/mol. The van der Waals surface area contributed by atoms with Crippen molar-refractivity contribution in [3.63, 3.8) is 0 Å². The van der Waals surface area contributed by atoms with Crippen molar-refractivity contribution in [2.45, 2.75) is 6.54 Å². The lowest BCUT2D eigenvalue weighted by Gasteiger charge is -2.04. The van der Waals surface area contributed by atoms with Crippen molar-refractivity contribution in [2.24, 2.45) is 0 Å². The Kier molecular flexibility index (Phi) is 4.42. The Hall–Kier alpha value is -2.72. The molecule has 0 fully saturated rings. The van der Waals surface area contributed by atoms with Crippen LogP contribution in [0.2, 0.25) is 0 Å². The zero-order chi connectivity index (χ0) is 14.4. The van der Waals surface area contributed by atoms with Gasteiger partial charge in [-0.3, -0.25) is 4.79 Å². The lowest BCUT2D eigenvalue weighted by atomic mass is 10.1. The van der Waals surface area contributed by atoms with Crippen molar-refractivity contribution in [1.82, 2.24) is 15.5 Å². The minimum absolute atomic E-state index is 0.0425. The maximum absolute atomic E-state index is 13.8. The molecule has 0 aliphatic carbocycles. The number of benzene rings is 1. The van der Waals surface area contributed by atoms with Gasteiger partial charge in [-0.05, 0) is 18.2 Å². The van der Waals surface area contributed by atoms with E-state index >= 15 is 0 Å². The van der Waals surface area contributed by atoms with Gasteiger partial charge >= 0.3 is 0 Å². The van der Waals surface area contributed by atoms with Gasteiger partial charge in [0.05, 0.1) is 12.1 Å². The molecular formula is C13H10FN3O3. The Labute approximate surface area is 113 Å². The minimum Gasteiger partial charge on any atom is -0.384 e. The van der Waals surface area contributed by atoms with Gasteiger partial charge < -0.3 is 14.9 Å². The summed E-state index contributed by atoms with van der Waals surface area (Å²) in [5, 5.41) is 14.5. The van der Waals surface area contributed by atoms with Gasteiger partial charge in [-0.15, -0.1) is 0 Å². The molecule has 0 saturated heterocycles. The molecule has 0 aliphatic rings. The standard InChI is InChI=1S/C13H10FN3O3/c14-11-6-9(2-1-5-18)3-4-10(11)13(19)15-7-12-16-8-20-17-12/h3-4,6,8,18H,5,7H2,(H,15,19).